The number of aromatic nitrogens is 4. The van der Waals surface area contributed by atoms with Gasteiger partial charge in [0.1, 0.15) is 24.2 Å². The number of hydrogen-bond donors (Lipinski definition) is 2. The molecule has 0 bridgehead atoms. The number of nitrogens with zero attached hydrogens (tertiary/aromatic N) is 6. The predicted molar refractivity (Wildman–Crippen MR) is 151 cm³/mol. The highest BCUT2D eigenvalue weighted by atomic mass is 16.5. The fourth-order valence-corrected chi connectivity index (χ4v) is 5.46. The van der Waals surface area contributed by atoms with E-state index < -0.39 is 5.60 Å². The summed E-state index contributed by atoms with van der Waals surface area (Å²) in [5, 5.41) is 27.2. The molecule has 3 atom stereocenters. The lowest BCUT2D eigenvalue weighted by molar-refractivity contribution is -0.120. The number of rotatable bonds is 9. The lowest BCUT2D eigenvalue weighted by atomic mass is 10.1. The maximum Gasteiger partial charge on any atom is 0.224 e. The van der Waals surface area contributed by atoms with Gasteiger partial charge in [0.15, 0.2) is 0 Å². The third-order valence-corrected chi connectivity index (χ3v) is 7.58. The number of nitrogens with one attached hydrogen (secondary N) is 1. The van der Waals surface area contributed by atoms with Crippen molar-refractivity contribution in [2.24, 2.45) is 11.8 Å². The molecular weight excluding hydrogens is 522 g/mol. The van der Waals surface area contributed by atoms with Gasteiger partial charge in [-0.3, -0.25) is 4.79 Å². The molecular formula is C30H31N7O4. The predicted octanol–water partition coefficient (Wildman–Crippen LogP) is 2.61. The Kier molecular flexibility index (Phi) is 6.71. The smallest absolute Gasteiger partial charge is 0.224 e. The van der Waals surface area contributed by atoms with Gasteiger partial charge in [-0.2, -0.15) is 10.4 Å². The largest absolute Gasteiger partial charge is 0.489 e. The molecule has 1 aliphatic carbocycles. The lowest BCUT2D eigenvalue weighted by Crippen LogP contribution is -2.35. The van der Waals surface area contributed by atoms with Crippen LogP contribution in [-0.2, 0) is 11.2 Å². The number of piperidine rings is 1. The van der Waals surface area contributed by atoms with Crippen molar-refractivity contribution >= 4 is 17.2 Å². The number of amides is 1. The molecule has 41 heavy (non-hydrogen) atoms. The van der Waals surface area contributed by atoms with E-state index in [-0.39, 0.29) is 18.6 Å². The summed E-state index contributed by atoms with van der Waals surface area (Å²) in [6, 6.07) is 11.8. The fourth-order valence-electron chi connectivity index (χ4n) is 5.46. The number of hydrogen-bond acceptors (Lipinski definition) is 9. The van der Waals surface area contributed by atoms with Gasteiger partial charge in [0, 0.05) is 60.6 Å². The zero-order chi connectivity index (χ0) is 28.7. The highest BCUT2D eigenvalue weighted by molar-refractivity contribution is 5.85. The van der Waals surface area contributed by atoms with Crippen molar-refractivity contribution in [2.45, 2.75) is 31.9 Å². The van der Waals surface area contributed by atoms with Crippen LogP contribution in [0.1, 0.15) is 25.0 Å². The van der Waals surface area contributed by atoms with Gasteiger partial charge in [-0.15, -0.1) is 0 Å². The number of methoxy groups -OCH3 is 1. The molecule has 0 aromatic carbocycles. The Balaban J connectivity index is 1.11. The minimum Gasteiger partial charge on any atom is -0.489 e. The van der Waals surface area contributed by atoms with Gasteiger partial charge in [0.2, 0.25) is 11.8 Å². The Morgan fingerprint density at radius 2 is 1.98 bits per heavy atom. The van der Waals surface area contributed by atoms with Crippen molar-refractivity contribution < 1.29 is 19.4 Å². The monoisotopic (exact) mass is 553 g/mol. The molecule has 1 unspecified atom stereocenters. The molecule has 4 aromatic rings. The van der Waals surface area contributed by atoms with Gasteiger partial charge < -0.3 is 24.8 Å². The van der Waals surface area contributed by atoms with Crippen LogP contribution in [0.15, 0.2) is 55.1 Å². The summed E-state index contributed by atoms with van der Waals surface area (Å²) in [5.41, 5.74) is 2.58. The van der Waals surface area contributed by atoms with Gasteiger partial charge in [-0.1, -0.05) is 6.07 Å². The van der Waals surface area contributed by atoms with Crippen LogP contribution in [0, 0.1) is 23.2 Å². The molecule has 2 N–H and O–H groups in total. The maximum atomic E-state index is 12.6. The molecule has 5 heterocycles. The number of pyridine rings is 3. The molecule has 1 aliphatic heterocycles. The highest BCUT2D eigenvalue weighted by Gasteiger charge is 2.56. The first-order valence-corrected chi connectivity index (χ1v) is 13.5. The van der Waals surface area contributed by atoms with Crippen molar-refractivity contribution in [2.75, 3.05) is 31.7 Å². The second-order valence-corrected chi connectivity index (χ2v) is 11.3. The van der Waals surface area contributed by atoms with Crippen LogP contribution in [0.3, 0.4) is 0 Å². The number of anilines is 1. The number of carbonyl (C=O) groups excluding carboxylic acids is 1. The van der Waals surface area contributed by atoms with Crippen molar-refractivity contribution in [1.82, 2.24) is 24.9 Å². The number of aliphatic hydroxyl groups is 1. The van der Waals surface area contributed by atoms with E-state index in [1.807, 2.05) is 24.3 Å². The first-order valence-electron chi connectivity index (χ1n) is 13.5. The topological polar surface area (TPSA) is 138 Å². The summed E-state index contributed by atoms with van der Waals surface area (Å²) >= 11 is 0. The van der Waals surface area contributed by atoms with Gasteiger partial charge in [-0.05, 0) is 37.6 Å². The third kappa shape index (κ3) is 5.51. The number of fused-ring (bicyclic) bond motifs is 2. The van der Waals surface area contributed by atoms with Crippen molar-refractivity contribution in [3.63, 3.8) is 0 Å². The molecule has 11 nitrogen and oxygen atoms in total. The van der Waals surface area contributed by atoms with Gasteiger partial charge in [-0.25, -0.2) is 14.5 Å². The van der Waals surface area contributed by atoms with E-state index in [0.29, 0.717) is 41.0 Å². The molecule has 2 fully saturated rings. The molecule has 4 aromatic heterocycles. The average Bonchev–Trinajstić information content (AvgIpc) is 3.29. The van der Waals surface area contributed by atoms with Crippen LogP contribution in [0.2, 0.25) is 0 Å². The molecule has 0 radical (unpaired) electrons. The van der Waals surface area contributed by atoms with Crippen molar-refractivity contribution in [3.8, 4) is 28.8 Å². The first-order chi connectivity index (χ1) is 19.7. The summed E-state index contributed by atoms with van der Waals surface area (Å²) < 4.78 is 12.5. The number of ether oxygens (including phenoxy) is 2. The van der Waals surface area contributed by atoms with Crippen LogP contribution in [0.25, 0.3) is 16.6 Å². The Labute approximate surface area is 237 Å². The number of carbonyl (C=O) groups is 1. The Morgan fingerprint density at radius 1 is 1.17 bits per heavy atom. The average molecular weight is 554 g/mol. The molecule has 1 saturated carbocycles. The normalized spacial score (nSPS) is 19.5. The van der Waals surface area contributed by atoms with E-state index in [1.165, 1.54) is 6.20 Å². The lowest BCUT2D eigenvalue weighted by Gasteiger charge is -2.21. The second kappa shape index (κ2) is 10.4. The van der Waals surface area contributed by atoms with E-state index in [9.17, 15) is 15.2 Å². The van der Waals surface area contributed by atoms with Gasteiger partial charge >= 0.3 is 0 Å². The van der Waals surface area contributed by atoms with E-state index in [4.69, 9.17) is 14.5 Å². The molecule has 1 saturated heterocycles. The van der Waals surface area contributed by atoms with E-state index in [0.717, 1.165) is 35.6 Å². The second-order valence-electron chi connectivity index (χ2n) is 11.3. The zero-order valence-electron chi connectivity index (χ0n) is 23.1. The van der Waals surface area contributed by atoms with Crippen LogP contribution >= 0.6 is 0 Å². The Bertz CT molecular complexity index is 1610. The van der Waals surface area contributed by atoms with E-state index in [2.05, 4.69) is 26.4 Å². The van der Waals surface area contributed by atoms with Crippen LogP contribution < -0.4 is 19.7 Å². The number of nitriles is 1. The van der Waals surface area contributed by atoms with E-state index >= 15 is 0 Å². The quantitative estimate of drug-likeness (QED) is 0.320. The fraction of sp³-hybridized carbons (Fsp3) is 0.367. The maximum absolute atomic E-state index is 12.6. The third-order valence-electron chi connectivity index (χ3n) is 7.58. The van der Waals surface area contributed by atoms with Crippen LogP contribution in [0.4, 0.5) is 5.82 Å². The summed E-state index contributed by atoms with van der Waals surface area (Å²) in [7, 11) is 1.56. The van der Waals surface area contributed by atoms with Crippen molar-refractivity contribution in [1.29, 1.82) is 5.26 Å². The molecule has 1 amide bonds. The van der Waals surface area contributed by atoms with Crippen LogP contribution in [0.5, 0.6) is 11.6 Å². The summed E-state index contributed by atoms with van der Waals surface area (Å²) in [6.07, 6.45) is 6.99. The summed E-state index contributed by atoms with van der Waals surface area (Å²) in [5.74, 6) is 2.74. The SMILES string of the molecule is COc1ccc(CC(=O)NC2[C@H]3CN(c4ccc(-c5cc(OCC(C)(C)O)cn6ncc(C#N)c56)cn4)C[C@@H]23)cn1. The van der Waals surface area contributed by atoms with E-state index in [1.54, 1.807) is 50.1 Å². The zero-order valence-corrected chi connectivity index (χ0v) is 23.1. The first kappa shape index (κ1) is 26.5. The highest BCUT2D eigenvalue weighted by Crippen LogP contribution is 2.46. The standard InChI is InChI=1S/C30H31N7O4/c1-30(2,39)17-41-21-9-22(29-20(10-31)13-34-37(29)14-21)19-5-6-25(32-12-19)36-15-23-24(16-36)28(23)35-26(38)8-18-4-7-27(40-3)33-11-18/h4-7,9,11-14,23-24,28,39H,8,15-17H2,1-3H3,(H,35,38)/t23-,24+,28?. The van der Waals surface area contributed by atoms with Gasteiger partial charge in [0.25, 0.3) is 0 Å². The minimum absolute atomic E-state index is 0.00193. The Morgan fingerprint density at radius 3 is 2.61 bits per heavy atom. The Hall–Kier alpha value is -4.69. The molecule has 6 rings (SSSR count). The van der Waals surface area contributed by atoms with Crippen LogP contribution in [-0.4, -0.2) is 69.0 Å². The summed E-state index contributed by atoms with van der Waals surface area (Å²) in [6.45, 7) is 5.12. The molecule has 11 heteroatoms. The van der Waals surface area contributed by atoms with Crippen molar-refractivity contribution in [3.05, 3.63) is 66.2 Å². The summed E-state index contributed by atoms with van der Waals surface area (Å²) in [4.78, 5) is 23.7. The molecule has 0 spiro atoms. The molecule has 210 valence electrons. The van der Waals surface area contributed by atoms with Gasteiger partial charge in [0.05, 0.1) is 42.6 Å². The molecule has 2 aliphatic rings. The minimum atomic E-state index is -0.994.